The van der Waals surface area contributed by atoms with Crippen molar-refractivity contribution in [3.05, 3.63) is 64.7 Å². The van der Waals surface area contributed by atoms with Crippen LogP contribution in [-0.2, 0) is 17.8 Å². The van der Waals surface area contributed by atoms with Gasteiger partial charge in [-0.25, -0.2) is 0 Å². The average Bonchev–Trinajstić information content (AvgIpc) is 2.48. The Morgan fingerprint density at radius 2 is 1.81 bits per heavy atom. The molecule has 0 saturated heterocycles. The number of amides is 1. The number of carbonyl (C=O) groups excluding carboxylic acids is 1. The molecule has 2 aromatic carbocycles. The van der Waals surface area contributed by atoms with Gasteiger partial charge in [-0.1, -0.05) is 41.9 Å². The predicted octanol–water partition coefficient (Wildman–Crippen LogP) is 3.51. The van der Waals surface area contributed by atoms with Crippen molar-refractivity contribution in [1.29, 1.82) is 0 Å². The molecule has 2 rings (SSSR count). The van der Waals surface area contributed by atoms with Gasteiger partial charge in [-0.3, -0.25) is 4.79 Å². The fourth-order valence-corrected chi connectivity index (χ4v) is 2.29. The third-order valence-corrected chi connectivity index (χ3v) is 3.77. The van der Waals surface area contributed by atoms with E-state index in [1.165, 1.54) is 0 Å². The lowest BCUT2D eigenvalue weighted by Gasteiger charge is -2.18. The van der Waals surface area contributed by atoms with E-state index in [2.05, 4.69) is 0 Å². The Kier molecular flexibility index (Phi) is 5.23. The molecule has 0 spiro atoms. The molecule has 4 heteroatoms. The summed E-state index contributed by atoms with van der Waals surface area (Å²) in [4.78, 5) is 13.9. The van der Waals surface area contributed by atoms with E-state index in [0.29, 0.717) is 24.4 Å². The van der Waals surface area contributed by atoms with Gasteiger partial charge in [0.1, 0.15) is 0 Å². The van der Waals surface area contributed by atoms with Gasteiger partial charge in [0, 0.05) is 30.7 Å². The highest BCUT2D eigenvalue weighted by Crippen LogP contribution is 2.17. The average molecular weight is 303 g/mol. The summed E-state index contributed by atoms with van der Waals surface area (Å²) in [5.41, 5.74) is 8.46. The minimum absolute atomic E-state index is 0.103. The van der Waals surface area contributed by atoms with Crippen molar-refractivity contribution in [2.24, 2.45) is 0 Å². The molecule has 21 heavy (non-hydrogen) atoms. The van der Waals surface area contributed by atoms with Gasteiger partial charge in [0.15, 0.2) is 0 Å². The lowest BCUT2D eigenvalue weighted by atomic mass is 10.1. The third kappa shape index (κ3) is 4.50. The predicted molar refractivity (Wildman–Crippen MR) is 87.1 cm³/mol. The van der Waals surface area contributed by atoms with Crippen LogP contribution in [0.3, 0.4) is 0 Å². The number of anilines is 1. The molecule has 0 unspecified atom stereocenters. The van der Waals surface area contributed by atoms with Crippen molar-refractivity contribution >= 4 is 23.2 Å². The molecule has 0 heterocycles. The van der Waals surface area contributed by atoms with Crippen LogP contribution in [0.5, 0.6) is 0 Å². The lowest BCUT2D eigenvalue weighted by Crippen LogP contribution is -2.26. The molecule has 110 valence electrons. The smallest absolute Gasteiger partial charge is 0.222 e. The molecule has 0 saturated carbocycles. The first kappa shape index (κ1) is 15.4. The summed E-state index contributed by atoms with van der Waals surface area (Å²) >= 11 is 6.11. The molecule has 0 bridgehead atoms. The van der Waals surface area contributed by atoms with Crippen LogP contribution in [0.1, 0.15) is 17.5 Å². The first-order valence-corrected chi connectivity index (χ1v) is 7.26. The van der Waals surface area contributed by atoms with Crippen molar-refractivity contribution in [3.8, 4) is 0 Å². The monoisotopic (exact) mass is 302 g/mol. The molecule has 0 aliphatic heterocycles. The Balaban J connectivity index is 1.88. The van der Waals surface area contributed by atoms with Gasteiger partial charge < -0.3 is 10.6 Å². The zero-order valence-electron chi connectivity index (χ0n) is 12.1. The minimum Gasteiger partial charge on any atom is -0.399 e. The van der Waals surface area contributed by atoms with Crippen LogP contribution in [0.25, 0.3) is 0 Å². The van der Waals surface area contributed by atoms with E-state index < -0.39 is 0 Å². The van der Waals surface area contributed by atoms with Gasteiger partial charge in [0.25, 0.3) is 0 Å². The zero-order valence-corrected chi connectivity index (χ0v) is 12.8. The summed E-state index contributed by atoms with van der Waals surface area (Å²) in [5, 5.41) is 0.690. The molecule has 3 nitrogen and oxygen atoms in total. The second-order valence-electron chi connectivity index (χ2n) is 5.08. The van der Waals surface area contributed by atoms with Crippen molar-refractivity contribution in [3.63, 3.8) is 0 Å². The lowest BCUT2D eigenvalue weighted by molar-refractivity contribution is -0.130. The molecule has 2 aromatic rings. The van der Waals surface area contributed by atoms with E-state index in [1.54, 1.807) is 11.9 Å². The molecule has 1 amide bonds. The van der Waals surface area contributed by atoms with Gasteiger partial charge >= 0.3 is 0 Å². The van der Waals surface area contributed by atoms with Crippen molar-refractivity contribution in [2.45, 2.75) is 19.4 Å². The van der Waals surface area contributed by atoms with Gasteiger partial charge in [-0.2, -0.15) is 0 Å². The summed E-state index contributed by atoms with van der Waals surface area (Å²) in [5.74, 6) is 0.103. The Morgan fingerprint density at radius 3 is 2.48 bits per heavy atom. The van der Waals surface area contributed by atoms with Gasteiger partial charge in [0.05, 0.1) is 0 Å². The van der Waals surface area contributed by atoms with Crippen LogP contribution < -0.4 is 5.73 Å². The first-order chi connectivity index (χ1) is 10.1. The number of rotatable bonds is 5. The number of hydrogen-bond donors (Lipinski definition) is 1. The fourth-order valence-electron chi connectivity index (χ4n) is 2.10. The number of benzene rings is 2. The summed E-state index contributed by atoms with van der Waals surface area (Å²) in [7, 11) is 1.80. The van der Waals surface area contributed by atoms with Crippen LogP contribution >= 0.6 is 11.6 Å². The highest BCUT2D eigenvalue weighted by Gasteiger charge is 2.11. The topological polar surface area (TPSA) is 46.3 Å². The maximum absolute atomic E-state index is 12.2. The molecule has 2 N–H and O–H groups in total. The summed E-state index contributed by atoms with van der Waals surface area (Å²) in [6.07, 6.45) is 1.19. The Labute approximate surface area is 130 Å². The van der Waals surface area contributed by atoms with E-state index in [-0.39, 0.29) is 5.91 Å². The second kappa shape index (κ2) is 7.14. The molecule has 0 aromatic heterocycles. The van der Waals surface area contributed by atoms with E-state index in [4.69, 9.17) is 17.3 Å². The SMILES string of the molecule is CN(Cc1ccccc1Cl)C(=O)CCc1ccc(N)cc1. The van der Waals surface area contributed by atoms with Crippen molar-refractivity contribution in [1.82, 2.24) is 4.90 Å². The number of halogens is 1. The first-order valence-electron chi connectivity index (χ1n) is 6.88. The zero-order chi connectivity index (χ0) is 15.2. The normalized spacial score (nSPS) is 10.4. The molecular weight excluding hydrogens is 284 g/mol. The number of nitrogens with two attached hydrogens (primary N) is 1. The number of carbonyl (C=O) groups is 1. The maximum atomic E-state index is 12.2. The van der Waals surface area contributed by atoms with Gasteiger partial charge in [-0.05, 0) is 35.7 Å². The third-order valence-electron chi connectivity index (χ3n) is 3.40. The molecule has 0 aliphatic rings. The standard InChI is InChI=1S/C17H19ClN2O/c1-20(12-14-4-2-3-5-16(14)18)17(21)11-8-13-6-9-15(19)10-7-13/h2-7,9-10H,8,11-12,19H2,1H3. The summed E-state index contributed by atoms with van der Waals surface area (Å²) < 4.78 is 0. The van der Waals surface area contributed by atoms with Crippen LogP contribution in [0.15, 0.2) is 48.5 Å². The van der Waals surface area contributed by atoms with Crippen molar-refractivity contribution < 1.29 is 4.79 Å². The summed E-state index contributed by atoms with van der Waals surface area (Å²) in [6, 6.07) is 15.2. The van der Waals surface area contributed by atoms with E-state index in [0.717, 1.165) is 16.8 Å². The van der Waals surface area contributed by atoms with Crippen molar-refractivity contribution in [2.75, 3.05) is 12.8 Å². The highest BCUT2D eigenvalue weighted by molar-refractivity contribution is 6.31. The molecular formula is C17H19ClN2O. The molecule has 0 fully saturated rings. The fraction of sp³-hybridized carbons (Fsp3) is 0.235. The number of hydrogen-bond acceptors (Lipinski definition) is 2. The van der Waals surface area contributed by atoms with E-state index >= 15 is 0 Å². The van der Waals surface area contributed by atoms with Crippen LogP contribution in [0.4, 0.5) is 5.69 Å². The van der Waals surface area contributed by atoms with E-state index in [9.17, 15) is 4.79 Å². The second-order valence-corrected chi connectivity index (χ2v) is 5.49. The number of aryl methyl sites for hydroxylation is 1. The van der Waals surface area contributed by atoms with E-state index in [1.807, 2.05) is 48.5 Å². The maximum Gasteiger partial charge on any atom is 0.222 e. The molecule has 0 aliphatic carbocycles. The van der Waals surface area contributed by atoms with Gasteiger partial charge in [0.2, 0.25) is 5.91 Å². The molecule has 0 radical (unpaired) electrons. The van der Waals surface area contributed by atoms with Crippen LogP contribution in [0.2, 0.25) is 5.02 Å². The Bertz CT molecular complexity index is 610. The minimum atomic E-state index is 0.103. The Morgan fingerprint density at radius 1 is 1.14 bits per heavy atom. The largest absolute Gasteiger partial charge is 0.399 e. The summed E-state index contributed by atoms with van der Waals surface area (Å²) in [6.45, 7) is 0.528. The van der Waals surface area contributed by atoms with Crippen LogP contribution in [0, 0.1) is 0 Å². The Hall–Kier alpha value is -2.00. The highest BCUT2D eigenvalue weighted by atomic mass is 35.5. The quantitative estimate of drug-likeness (QED) is 0.859. The van der Waals surface area contributed by atoms with Gasteiger partial charge in [-0.15, -0.1) is 0 Å². The number of nitrogens with zero attached hydrogens (tertiary/aromatic N) is 1. The number of nitrogen functional groups attached to an aromatic ring is 1. The molecule has 0 atom stereocenters. The van der Waals surface area contributed by atoms with Crippen LogP contribution in [-0.4, -0.2) is 17.9 Å².